The molecule has 0 bridgehead atoms. The van der Waals surface area contributed by atoms with Gasteiger partial charge in [0.1, 0.15) is 0 Å². The zero-order valence-electron chi connectivity index (χ0n) is 12.4. The molecule has 0 saturated heterocycles. The van der Waals surface area contributed by atoms with Crippen LogP contribution < -0.4 is 0 Å². The molecule has 0 amide bonds. The van der Waals surface area contributed by atoms with Crippen LogP contribution >= 0.6 is 11.9 Å². The van der Waals surface area contributed by atoms with Crippen molar-refractivity contribution in [3.05, 3.63) is 0 Å². The Kier molecular flexibility index (Phi) is 17.9. The summed E-state index contributed by atoms with van der Waals surface area (Å²) < 4.78 is 2.44. The van der Waals surface area contributed by atoms with Gasteiger partial charge in [0.2, 0.25) is 0 Å². The van der Waals surface area contributed by atoms with Crippen LogP contribution in [0.4, 0.5) is 0 Å². The average Bonchev–Trinajstić information content (AvgIpc) is 2.33. The van der Waals surface area contributed by atoms with Crippen LogP contribution in [0, 0.1) is 0 Å². The molecule has 0 unspecified atom stereocenters. The van der Waals surface area contributed by atoms with E-state index < -0.39 is 0 Å². The second-order valence-corrected chi connectivity index (χ2v) is 4.67. The lowest BCUT2D eigenvalue weighted by atomic mass is 9.97. The number of nitrogens with zero attached hydrogens (tertiary/aromatic N) is 1. The van der Waals surface area contributed by atoms with E-state index in [9.17, 15) is 0 Å². The molecule has 0 N–H and O–H groups in total. The Morgan fingerprint density at radius 3 is 1.56 bits per heavy atom. The van der Waals surface area contributed by atoms with Crippen molar-refractivity contribution in [1.29, 1.82) is 0 Å². The predicted molar refractivity (Wildman–Crippen MR) is 80.1 cm³/mol. The van der Waals surface area contributed by atoms with Crippen molar-refractivity contribution in [1.82, 2.24) is 4.31 Å². The highest BCUT2D eigenvalue weighted by Crippen LogP contribution is 2.23. The molecule has 0 radical (unpaired) electrons. The molecular formula is C14H33NS. The van der Waals surface area contributed by atoms with E-state index in [0.29, 0.717) is 0 Å². The highest BCUT2D eigenvalue weighted by molar-refractivity contribution is 7.96. The third kappa shape index (κ3) is 9.53. The lowest BCUT2D eigenvalue weighted by Crippen LogP contribution is -2.26. The summed E-state index contributed by atoms with van der Waals surface area (Å²) in [7, 11) is 2.23. The molecule has 0 aromatic heterocycles. The third-order valence-corrected chi connectivity index (χ3v) is 3.75. The van der Waals surface area contributed by atoms with Gasteiger partial charge in [-0.05, 0) is 26.1 Å². The van der Waals surface area contributed by atoms with E-state index in [1.54, 1.807) is 0 Å². The molecule has 2 heteroatoms. The summed E-state index contributed by atoms with van der Waals surface area (Å²) in [6.07, 6.45) is 12.3. The normalized spacial score (nSPS) is 17.4. The molecule has 100 valence electrons. The largest absolute Gasteiger partial charge is 0.251 e. The fourth-order valence-electron chi connectivity index (χ4n) is 1.95. The Bertz CT molecular complexity index is 109. The fourth-order valence-corrected chi connectivity index (χ4v) is 2.46. The molecule has 0 aromatic rings. The zero-order valence-corrected chi connectivity index (χ0v) is 13.2. The van der Waals surface area contributed by atoms with Gasteiger partial charge in [-0.25, -0.2) is 0 Å². The molecule has 0 spiro atoms. The van der Waals surface area contributed by atoms with Crippen molar-refractivity contribution in [3.63, 3.8) is 0 Å². The molecule has 0 aliphatic heterocycles. The molecular weight excluding hydrogens is 214 g/mol. The minimum atomic E-state index is 0.847. The van der Waals surface area contributed by atoms with E-state index in [-0.39, 0.29) is 0 Å². The van der Waals surface area contributed by atoms with Gasteiger partial charge in [-0.15, -0.1) is 0 Å². The lowest BCUT2D eigenvalue weighted by molar-refractivity contribution is 0.323. The minimum Gasteiger partial charge on any atom is -0.251 e. The summed E-state index contributed by atoms with van der Waals surface area (Å²) in [4.78, 5) is 0. The molecule has 1 rings (SSSR count). The fraction of sp³-hybridized carbons (Fsp3) is 1.00. The summed E-state index contributed by atoms with van der Waals surface area (Å²) in [6, 6.07) is 0.847. The first kappa shape index (κ1) is 18.7. The summed E-state index contributed by atoms with van der Waals surface area (Å²) in [5.41, 5.74) is 0. The van der Waals surface area contributed by atoms with E-state index in [2.05, 4.69) is 17.6 Å². The van der Waals surface area contributed by atoms with Crippen molar-refractivity contribution < 1.29 is 0 Å². The van der Waals surface area contributed by atoms with Crippen molar-refractivity contribution in [2.45, 2.75) is 78.7 Å². The number of hydrogen-bond donors (Lipinski definition) is 0. The highest BCUT2D eigenvalue weighted by Gasteiger charge is 2.14. The Morgan fingerprint density at radius 1 is 0.812 bits per heavy atom. The van der Waals surface area contributed by atoms with Gasteiger partial charge in [-0.3, -0.25) is 4.31 Å². The van der Waals surface area contributed by atoms with E-state index in [4.69, 9.17) is 0 Å². The molecule has 0 aromatic carbocycles. The topological polar surface area (TPSA) is 3.24 Å². The van der Waals surface area contributed by atoms with Crippen LogP contribution in [-0.4, -0.2) is 23.7 Å². The summed E-state index contributed by atoms with van der Waals surface area (Å²) >= 11 is 1.88. The first-order chi connectivity index (χ1) is 7.84. The first-order valence-corrected chi connectivity index (χ1v) is 8.29. The summed E-state index contributed by atoms with van der Waals surface area (Å²) in [6.45, 7) is 8.00. The van der Waals surface area contributed by atoms with Crippen molar-refractivity contribution in [3.8, 4) is 0 Å². The first-order valence-electron chi connectivity index (χ1n) is 7.11. The van der Waals surface area contributed by atoms with E-state index in [1.807, 2.05) is 39.6 Å². The molecule has 1 aliphatic rings. The van der Waals surface area contributed by atoms with Gasteiger partial charge in [-0.1, -0.05) is 71.7 Å². The van der Waals surface area contributed by atoms with Gasteiger partial charge >= 0.3 is 0 Å². The molecule has 1 aliphatic carbocycles. The second kappa shape index (κ2) is 15.3. The maximum atomic E-state index is 2.44. The van der Waals surface area contributed by atoms with Gasteiger partial charge in [0.05, 0.1) is 0 Å². The van der Waals surface area contributed by atoms with E-state index in [1.165, 1.54) is 44.9 Å². The quantitative estimate of drug-likeness (QED) is 0.604. The molecule has 1 fully saturated rings. The van der Waals surface area contributed by atoms with Gasteiger partial charge in [0.25, 0.3) is 0 Å². The SMILES string of the molecule is CC.CC.CSN(C)C1CCCCCCC1. The molecule has 1 saturated carbocycles. The highest BCUT2D eigenvalue weighted by atomic mass is 32.2. The van der Waals surface area contributed by atoms with Gasteiger partial charge in [0.15, 0.2) is 0 Å². The maximum absolute atomic E-state index is 2.44. The predicted octanol–water partition coefficient (Wildman–Crippen LogP) is 5.36. The van der Waals surface area contributed by atoms with Crippen molar-refractivity contribution >= 4 is 11.9 Å². The van der Waals surface area contributed by atoms with Crippen LogP contribution in [0.15, 0.2) is 0 Å². The Balaban J connectivity index is 0. The van der Waals surface area contributed by atoms with Crippen LogP contribution in [0.3, 0.4) is 0 Å². The molecule has 1 nitrogen and oxygen atoms in total. The van der Waals surface area contributed by atoms with Gasteiger partial charge in [-0.2, -0.15) is 0 Å². The Hall–Kier alpha value is 0.310. The van der Waals surface area contributed by atoms with E-state index in [0.717, 1.165) is 6.04 Å². The monoisotopic (exact) mass is 247 g/mol. The van der Waals surface area contributed by atoms with Crippen molar-refractivity contribution in [2.24, 2.45) is 0 Å². The third-order valence-electron chi connectivity index (χ3n) is 2.88. The second-order valence-electron chi connectivity index (χ2n) is 3.73. The smallest absolute Gasteiger partial charge is 0.0199 e. The average molecular weight is 247 g/mol. The van der Waals surface area contributed by atoms with Crippen LogP contribution in [0.1, 0.15) is 72.6 Å². The lowest BCUT2D eigenvalue weighted by Gasteiger charge is -2.27. The summed E-state index contributed by atoms with van der Waals surface area (Å²) in [5.74, 6) is 0. The van der Waals surface area contributed by atoms with E-state index >= 15 is 0 Å². The van der Waals surface area contributed by atoms with Crippen LogP contribution in [0.2, 0.25) is 0 Å². The number of rotatable bonds is 2. The zero-order chi connectivity index (χ0) is 12.8. The minimum absolute atomic E-state index is 0.847. The standard InChI is InChI=1S/C10H21NS.2C2H6/c1-11(12-2)10-8-6-4-3-5-7-9-10;2*1-2/h10H,3-9H2,1-2H3;2*1-2H3. The molecule has 0 heterocycles. The Labute approximate surface area is 109 Å². The van der Waals surface area contributed by atoms with Crippen molar-refractivity contribution in [2.75, 3.05) is 13.3 Å². The van der Waals surface area contributed by atoms with Crippen LogP contribution in [0.5, 0.6) is 0 Å². The van der Waals surface area contributed by atoms with Crippen LogP contribution in [0.25, 0.3) is 0 Å². The summed E-state index contributed by atoms with van der Waals surface area (Å²) in [5, 5.41) is 0. The molecule has 16 heavy (non-hydrogen) atoms. The van der Waals surface area contributed by atoms with Crippen LogP contribution in [-0.2, 0) is 0 Å². The van der Waals surface area contributed by atoms with Gasteiger partial charge < -0.3 is 0 Å². The maximum Gasteiger partial charge on any atom is 0.0199 e. The molecule has 0 atom stereocenters. The Morgan fingerprint density at radius 2 is 1.19 bits per heavy atom. The van der Waals surface area contributed by atoms with Gasteiger partial charge in [0, 0.05) is 6.04 Å². The number of hydrogen-bond acceptors (Lipinski definition) is 2.